The van der Waals surface area contributed by atoms with Crippen LogP contribution in [0.1, 0.15) is 49.9 Å². The van der Waals surface area contributed by atoms with E-state index < -0.39 is 16.6 Å². The molecule has 0 spiro atoms. The van der Waals surface area contributed by atoms with Gasteiger partial charge in [-0.15, -0.1) is 0 Å². The number of hydrogen-bond acceptors (Lipinski definition) is 7. The van der Waals surface area contributed by atoms with Crippen molar-refractivity contribution in [3.05, 3.63) is 87.1 Å². The summed E-state index contributed by atoms with van der Waals surface area (Å²) in [5.74, 6) is -0.371. The van der Waals surface area contributed by atoms with E-state index in [1.807, 2.05) is 6.92 Å². The van der Waals surface area contributed by atoms with E-state index in [2.05, 4.69) is 26.6 Å². The Hall–Kier alpha value is -4.19. The zero-order valence-corrected chi connectivity index (χ0v) is 22.7. The number of amidine groups is 1. The van der Waals surface area contributed by atoms with Gasteiger partial charge in [0.15, 0.2) is 5.75 Å². The standard InChI is InChI=1S/C27H28ClF2N7O3/c1-16(5-4-12-40-25-14-19(37(38)39)7-11-24(25)36-15-32-17(2)35-36)33-27(34-28)22-10-9-21(26(22)31-3)20-8-6-18(29)13-23(20)30/h6-8,11,13-16,21H,3-5,9-10,12H2,1-2H3,(H,33,34). The molecule has 1 aromatic heterocycles. The molecule has 0 amide bonds. The average Bonchev–Trinajstić information content (AvgIpc) is 3.55. The van der Waals surface area contributed by atoms with Crippen LogP contribution < -0.4 is 9.57 Å². The lowest BCUT2D eigenvalue weighted by Crippen LogP contribution is -2.19. The van der Waals surface area contributed by atoms with Gasteiger partial charge >= 0.3 is 0 Å². The third-order valence-corrected chi connectivity index (χ3v) is 6.77. The molecule has 1 N–H and O–H groups in total. The number of nitrogens with zero attached hydrogens (tertiary/aromatic N) is 6. The van der Waals surface area contributed by atoms with Gasteiger partial charge in [0.25, 0.3) is 5.69 Å². The first-order chi connectivity index (χ1) is 19.2. The van der Waals surface area contributed by atoms with Gasteiger partial charge < -0.3 is 4.74 Å². The average molecular weight is 572 g/mol. The summed E-state index contributed by atoms with van der Waals surface area (Å²) in [5.41, 5.74) is 2.07. The number of nitro benzene ring substituents is 1. The van der Waals surface area contributed by atoms with Crippen molar-refractivity contribution < 1.29 is 18.4 Å². The predicted molar refractivity (Wildman–Crippen MR) is 148 cm³/mol. The van der Waals surface area contributed by atoms with Gasteiger partial charge in [0.05, 0.1) is 23.3 Å². The van der Waals surface area contributed by atoms with Crippen LogP contribution in [0.5, 0.6) is 5.75 Å². The molecule has 3 aromatic rings. The van der Waals surface area contributed by atoms with Crippen LogP contribution in [0.15, 0.2) is 64.0 Å². The molecule has 0 saturated heterocycles. The van der Waals surface area contributed by atoms with E-state index in [4.69, 9.17) is 21.5 Å². The van der Waals surface area contributed by atoms with Crippen LogP contribution in [0.2, 0.25) is 0 Å². The molecule has 10 nitrogen and oxygen atoms in total. The van der Waals surface area contributed by atoms with Crippen LogP contribution in [0, 0.1) is 28.7 Å². The van der Waals surface area contributed by atoms with Gasteiger partial charge in [0.2, 0.25) is 0 Å². The largest absolute Gasteiger partial charge is 0.491 e. The van der Waals surface area contributed by atoms with E-state index >= 15 is 0 Å². The third-order valence-electron chi connectivity index (χ3n) is 6.59. The molecular formula is C27H28ClF2N7O3. The molecule has 1 aliphatic carbocycles. The highest BCUT2D eigenvalue weighted by molar-refractivity contribution is 6.25. The number of nitro groups is 1. The monoisotopic (exact) mass is 571 g/mol. The summed E-state index contributed by atoms with van der Waals surface area (Å²) in [5, 5.41) is 15.5. The van der Waals surface area contributed by atoms with Gasteiger partial charge in [-0.1, -0.05) is 6.07 Å². The Balaban J connectivity index is 1.43. The number of ether oxygens (including phenoxy) is 1. The summed E-state index contributed by atoms with van der Waals surface area (Å²) in [7, 11) is 0. The zero-order valence-electron chi connectivity index (χ0n) is 22.0. The predicted octanol–water partition coefficient (Wildman–Crippen LogP) is 5.98. The van der Waals surface area contributed by atoms with E-state index in [0.717, 1.165) is 11.6 Å². The molecule has 0 saturated carbocycles. The summed E-state index contributed by atoms with van der Waals surface area (Å²) in [6.07, 6.45) is 3.83. The highest BCUT2D eigenvalue weighted by Gasteiger charge is 2.31. The summed E-state index contributed by atoms with van der Waals surface area (Å²) < 4.78 is 35.3. The maximum Gasteiger partial charge on any atom is 0.273 e. The van der Waals surface area contributed by atoms with Gasteiger partial charge in [0.1, 0.15) is 35.3 Å². The molecule has 1 aliphatic rings. The van der Waals surface area contributed by atoms with E-state index in [1.165, 1.54) is 35.3 Å². The Kier molecular flexibility index (Phi) is 9.20. The van der Waals surface area contributed by atoms with Crippen molar-refractivity contribution >= 4 is 30.0 Å². The number of aromatic nitrogens is 3. The normalized spacial score (nSPS) is 16.2. The molecule has 0 bridgehead atoms. The second kappa shape index (κ2) is 12.8. The fourth-order valence-electron chi connectivity index (χ4n) is 4.68. The van der Waals surface area contributed by atoms with Crippen molar-refractivity contribution in [2.45, 2.75) is 51.5 Å². The highest BCUT2D eigenvalue weighted by Crippen LogP contribution is 2.41. The molecular weight excluding hydrogens is 544 g/mol. The van der Waals surface area contributed by atoms with Crippen LogP contribution in [-0.2, 0) is 0 Å². The summed E-state index contributed by atoms with van der Waals surface area (Å²) in [6, 6.07) is 7.64. The molecule has 2 aromatic carbocycles. The number of allylic oxidation sites excluding steroid dienone is 1. The van der Waals surface area contributed by atoms with Crippen LogP contribution in [0.4, 0.5) is 14.5 Å². The first kappa shape index (κ1) is 28.8. The SMILES string of the molecule is C=NC1=C(C(=NC(C)CCCOc2cc([N+](=O)[O-])ccc2-n2cnc(C)n2)NCl)CCC1c1ccc(F)cc1F. The van der Waals surface area contributed by atoms with Crippen molar-refractivity contribution in [3.63, 3.8) is 0 Å². The minimum Gasteiger partial charge on any atom is -0.491 e. The first-order valence-electron chi connectivity index (χ1n) is 12.6. The molecule has 0 aliphatic heterocycles. The van der Waals surface area contributed by atoms with E-state index in [-0.39, 0.29) is 24.3 Å². The fraction of sp³-hybridized carbons (Fsp3) is 0.333. The van der Waals surface area contributed by atoms with Gasteiger partial charge in [0, 0.05) is 41.4 Å². The molecule has 210 valence electrons. The van der Waals surface area contributed by atoms with Crippen LogP contribution in [0.3, 0.4) is 0 Å². The lowest BCUT2D eigenvalue weighted by atomic mass is 9.96. The van der Waals surface area contributed by atoms with Gasteiger partial charge in [-0.05, 0) is 63.9 Å². The molecule has 2 unspecified atom stereocenters. The Bertz CT molecular complexity index is 1470. The number of rotatable bonds is 11. The molecule has 0 fully saturated rings. The number of nitrogens with one attached hydrogen (secondary N) is 1. The number of non-ortho nitro benzene ring substituents is 1. The summed E-state index contributed by atoms with van der Waals surface area (Å²) in [6.45, 7) is 7.58. The van der Waals surface area contributed by atoms with Gasteiger partial charge in [-0.3, -0.25) is 24.9 Å². The molecule has 4 rings (SSSR count). The lowest BCUT2D eigenvalue weighted by molar-refractivity contribution is -0.384. The van der Waals surface area contributed by atoms with Gasteiger partial charge in [-0.25, -0.2) is 18.4 Å². The minimum absolute atomic E-state index is 0.0957. The lowest BCUT2D eigenvalue weighted by Gasteiger charge is -2.15. The number of halogens is 3. The topological polar surface area (TPSA) is 120 Å². The zero-order chi connectivity index (χ0) is 28.8. The minimum atomic E-state index is -0.644. The Labute approximate surface area is 234 Å². The Morgan fingerprint density at radius 2 is 2.15 bits per heavy atom. The van der Waals surface area contributed by atoms with Crippen molar-refractivity contribution in [2.24, 2.45) is 9.98 Å². The van der Waals surface area contributed by atoms with E-state index in [1.54, 1.807) is 13.0 Å². The number of hydrogen-bond donors (Lipinski definition) is 1. The summed E-state index contributed by atoms with van der Waals surface area (Å²) in [4.78, 5) is 26.3. The van der Waals surface area contributed by atoms with Gasteiger partial charge in [-0.2, -0.15) is 5.10 Å². The maximum atomic E-state index is 14.5. The second-order valence-electron chi connectivity index (χ2n) is 9.34. The number of aryl methyl sites for hydroxylation is 1. The fourth-order valence-corrected chi connectivity index (χ4v) is 4.85. The number of aliphatic imine (C=N–C) groups is 2. The van der Waals surface area contributed by atoms with Crippen LogP contribution >= 0.6 is 11.8 Å². The third kappa shape index (κ3) is 6.50. The molecule has 2 atom stereocenters. The molecule has 13 heteroatoms. The maximum absolute atomic E-state index is 14.5. The molecule has 40 heavy (non-hydrogen) atoms. The summed E-state index contributed by atoms with van der Waals surface area (Å²) >= 11 is 6.03. The Morgan fingerprint density at radius 1 is 1.35 bits per heavy atom. The Morgan fingerprint density at radius 3 is 2.80 bits per heavy atom. The number of benzene rings is 2. The van der Waals surface area contributed by atoms with Crippen molar-refractivity contribution in [1.82, 2.24) is 19.6 Å². The highest BCUT2D eigenvalue weighted by atomic mass is 35.5. The van der Waals surface area contributed by atoms with Crippen molar-refractivity contribution in [2.75, 3.05) is 6.61 Å². The van der Waals surface area contributed by atoms with E-state index in [9.17, 15) is 18.9 Å². The van der Waals surface area contributed by atoms with E-state index in [0.29, 0.717) is 60.0 Å². The first-order valence-corrected chi connectivity index (χ1v) is 13.0. The quantitative estimate of drug-likeness (QED) is 0.0754. The van der Waals surface area contributed by atoms with Crippen molar-refractivity contribution in [1.29, 1.82) is 0 Å². The molecule has 0 radical (unpaired) electrons. The second-order valence-corrected chi connectivity index (χ2v) is 9.53. The molecule has 1 heterocycles. The smallest absolute Gasteiger partial charge is 0.273 e. The van der Waals surface area contributed by atoms with Crippen LogP contribution in [0.25, 0.3) is 5.69 Å². The van der Waals surface area contributed by atoms with Crippen molar-refractivity contribution in [3.8, 4) is 11.4 Å². The van der Waals surface area contributed by atoms with Crippen LogP contribution in [-0.4, -0.2) is 44.9 Å².